The van der Waals surface area contributed by atoms with Crippen LogP contribution in [0, 0.1) is 11.8 Å². The number of aromatic hydroxyl groups is 1. The Morgan fingerprint density at radius 2 is 1.19 bits per heavy atom. The van der Waals surface area contributed by atoms with Gasteiger partial charge in [0.15, 0.2) is 0 Å². The molecule has 31 heavy (non-hydrogen) atoms. The molecule has 1 heterocycles. The van der Waals surface area contributed by atoms with E-state index in [1.807, 2.05) is 48.5 Å². The van der Waals surface area contributed by atoms with Crippen LogP contribution >= 0.6 is 43.5 Å². The number of imide groups is 1. The third-order valence-corrected chi connectivity index (χ3v) is 9.69. The molecule has 4 nitrogen and oxygen atoms in total. The molecule has 1 saturated heterocycles. The van der Waals surface area contributed by atoms with Crippen molar-refractivity contribution < 1.29 is 14.7 Å². The highest BCUT2D eigenvalue weighted by molar-refractivity contribution is 9.10. The minimum atomic E-state index is -0.865. The van der Waals surface area contributed by atoms with E-state index in [-0.39, 0.29) is 23.3 Å². The summed E-state index contributed by atoms with van der Waals surface area (Å²) in [6.07, 6.45) is 0. The molecule has 0 aromatic heterocycles. The summed E-state index contributed by atoms with van der Waals surface area (Å²) in [6, 6.07) is 20.2. The summed E-state index contributed by atoms with van der Waals surface area (Å²) in [7, 11) is 0. The molecule has 3 aromatic rings. The Morgan fingerprint density at radius 1 is 0.774 bits per heavy atom. The average molecular weight is 560 g/mol. The number of rotatable bonds is 1. The third-order valence-electron chi connectivity index (χ3n) is 6.76. The van der Waals surface area contributed by atoms with Gasteiger partial charge in [0.25, 0.3) is 0 Å². The average Bonchev–Trinajstić information content (AvgIpc) is 3.05. The Balaban J connectivity index is 1.67. The van der Waals surface area contributed by atoms with E-state index in [9.17, 15) is 14.7 Å². The molecule has 154 valence electrons. The Labute approximate surface area is 200 Å². The molecule has 3 aliphatic carbocycles. The highest BCUT2D eigenvalue weighted by atomic mass is 79.9. The SMILES string of the molecule is O=C1C2C(C(=O)N1c1cc(Cl)ccc1O)C1(Br)c3ccccc3C2(Br)c2ccccc21. The number of hydrogen-bond donors (Lipinski definition) is 1. The quantitative estimate of drug-likeness (QED) is 0.319. The van der Waals surface area contributed by atoms with Gasteiger partial charge in [-0.15, -0.1) is 0 Å². The summed E-state index contributed by atoms with van der Waals surface area (Å²) in [5, 5.41) is 10.8. The van der Waals surface area contributed by atoms with E-state index in [2.05, 4.69) is 31.9 Å². The predicted octanol–water partition coefficient (Wildman–Crippen LogP) is 5.46. The number of benzene rings is 3. The molecule has 3 aromatic carbocycles. The standard InChI is InChI=1S/C24H14Br2ClNO3/c25-23-13-5-1-2-6-14(13)24(26,16-8-4-3-7-15(16)23)20-19(23)21(30)28(22(20)31)17-11-12(27)9-10-18(17)29/h1-11,19-20,29H. The van der Waals surface area contributed by atoms with Gasteiger partial charge in [-0.05, 0) is 40.5 Å². The van der Waals surface area contributed by atoms with Gasteiger partial charge in [0, 0.05) is 5.02 Å². The second-order valence-corrected chi connectivity index (χ2v) is 11.1. The van der Waals surface area contributed by atoms with Crippen LogP contribution in [0.25, 0.3) is 0 Å². The van der Waals surface area contributed by atoms with Gasteiger partial charge in [0.05, 0.1) is 26.2 Å². The molecule has 1 N–H and O–H groups in total. The molecule has 1 fully saturated rings. The second kappa shape index (κ2) is 6.21. The van der Waals surface area contributed by atoms with E-state index in [1.165, 1.54) is 18.2 Å². The van der Waals surface area contributed by atoms with Crippen molar-refractivity contribution in [3.63, 3.8) is 0 Å². The van der Waals surface area contributed by atoms with Gasteiger partial charge in [-0.1, -0.05) is 92.0 Å². The first-order valence-electron chi connectivity index (χ1n) is 9.75. The van der Waals surface area contributed by atoms with Crippen molar-refractivity contribution in [2.24, 2.45) is 11.8 Å². The van der Waals surface area contributed by atoms with E-state index in [0.717, 1.165) is 27.2 Å². The summed E-state index contributed by atoms with van der Waals surface area (Å²) < 4.78 is -1.73. The first-order chi connectivity index (χ1) is 14.8. The zero-order valence-corrected chi connectivity index (χ0v) is 19.8. The maximum absolute atomic E-state index is 13.9. The highest BCUT2D eigenvalue weighted by Crippen LogP contribution is 2.71. The van der Waals surface area contributed by atoms with Crippen LogP contribution in [0.3, 0.4) is 0 Å². The van der Waals surface area contributed by atoms with Crippen LogP contribution in [0.15, 0.2) is 66.7 Å². The lowest BCUT2D eigenvalue weighted by atomic mass is 9.54. The molecule has 2 atom stereocenters. The molecule has 1 aliphatic heterocycles. The van der Waals surface area contributed by atoms with Gasteiger partial charge in [-0.3, -0.25) is 9.59 Å². The normalized spacial score (nSPS) is 30.2. The number of phenols is 1. The van der Waals surface area contributed by atoms with Gasteiger partial charge in [-0.25, -0.2) is 4.90 Å². The highest BCUT2D eigenvalue weighted by Gasteiger charge is 2.72. The number of carbonyl (C=O) groups is 2. The van der Waals surface area contributed by atoms with Crippen molar-refractivity contribution in [1.29, 1.82) is 0 Å². The Bertz CT molecular complexity index is 1200. The van der Waals surface area contributed by atoms with E-state index in [1.54, 1.807) is 0 Å². The van der Waals surface area contributed by atoms with Gasteiger partial charge >= 0.3 is 0 Å². The number of nitrogens with zero attached hydrogens (tertiary/aromatic N) is 1. The zero-order chi connectivity index (χ0) is 21.7. The Hall–Kier alpha value is -2.15. The number of alkyl halides is 2. The molecule has 0 spiro atoms. The van der Waals surface area contributed by atoms with Crippen LogP contribution in [0.5, 0.6) is 5.75 Å². The molecule has 4 aliphatic rings. The summed E-state index contributed by atoms with van der Waals surface area (Å²) in [5.74, 6) is -2.28. The summed E-state index contributed by atoms with van der Waals surface area (Å²) in [6.45, 7) is 0. The molecular weight excluding hydrogens is 546 g/mol. The maximum atomic E-state index is 13.9. The van der Waals surface area contributed by atoms with Crippen LogP contribution in [0.4, 0.5) is 5.69 Å². The van der Waals surface area contributed by atoms with Crippen LogP contribution < -0.4 is 4.90 Å². The van der Waals surface area contributed by atoms with Gasteiger partial charge < -0.3 is 5.11 Å². The summed E-state index contributed by atoms with van der Waals surface area (Å²) in [4.78, 5) is 28.8. The van der Waals surface area contributed by atoms with Crippen LogP contribution in [0.2, 0.25) is 5.02 Å². The number of halogens is 3. The Kier molecular flexibility index (Phi) is 3.91. The molecular formula is C24H14Br2ClNO3. The number of phenolic OH excluding ortho intramolecular Hbond substituents is 1. The fraction of sp³-hybridized carbons (Fsp3) is 0.167. The van der Waals surface area contributed by atoms with E-state index in [0.29, 0.717) is 5.02 Å². The maximum Gasteiger partial charge on any atom is 0.240 e. The van der Waals surface area contributed by atoms with E-state index >= 15 is 0 Å². The van der Waals surface area contributed by atoms with E-state index < -0.39 is 20.5 Å². The largest absolute Gasteiger partial charge is 0.506 e. The fourth-order valence-corrected chi connectivity index (χ4v) is 8.05. The lowest BCUT2D eigenvalue weighted by molar-refractivity contribution is -0.122. The smallest absolute Gasteiger partial charge is 0.240 e. The first-order valence-corrected chi connectivity index (χ1v) is 11.7. The zero-order valence-electron chi connectivity index (χ0n) is 15.9. The van der Waals surface area contributed by atoms with Gasteiger partial charge in [-0.2, -0.15) is 0 Å². The molecule has 0 radical (unpaired) electrons. The van der Waals surface area contributed by atoms with E-state index in [4.69, 9.17) is 11.6 Å². The van der Waals surface area contributed by atoms with Crippen LogP contribution in [0.1, 0.15) is 22.3 Å². The minimum Gasteiger partial charge on any atom is -0.506 e. The minimum absolute atomic E-state index is 0.108. The number of carbonyl (C=O) groups excluding carboxylic acids is 2. The van der Waals surface area contributed by atoms with Crippen LogP contribution in [-0.2, 0) is 18.2 Å². The lowest BCUT2D eigenvalue weighted by Crippen LogP contribution is -2.56. The third kappa shape index (κ3) is 2.16. The van der Waals surface area contributed by atoms with Crippen molar-refractivity contribution in [1.82, 2.24) is 0 Å². The van der Waals surface area contributed by atoms with Crippen molar-refractivity contribution in [3.05, 3.63) is 94.0 Å². The van der Waals surface area contributed by atoms with Crippen molar-refractivity contribution in [2.75, 3.05) is 4.90 Å². The second-order valence-electron chi connectivity index (χ2n) is 8.11. The molecule has 7 rings (SSSR count). The number of hydrogen-bond acceptors (Lipinski definition) is 3. The Morgan fingerprint density at radius 3 is 1.61 bits per heavy atom. The summed E-state index contributed by atoms with van der Waals surface area (Å²) in [5.41, 5.74) is 3.96. The molecule has 2 unspecified atom stereocenters. The molecule has 0 saturated carbocycles. The topological polar surface area (TPSA) is 57.6 Å². The monoisotopic (exact) mass is 557 g/mol. The van der Waals surface area contributed by atoms with Gasteiger partial charge in [0.2, 0.25) is 11.8 Å². The van der Waals surface area contributed by atoms with Crippen LogP contribution in [-0.4, -0.2) is 16.9 Å². The molecule has 7 heteroatoms. The fourth-order valence-electron chi connectivity index (χ4n) is 5.58. The first kappa shape index (κ1) is 19.5. The van der Waals surface area contributed by atoms with Crippen molar-refractivity contribution >= 4 is 61.0 Å². The number of anilines is 1. The van der Waals surface area contributed by atoms with Gasteiger partial charge in [0.1, 0.15) is 5.75 Å². The van der Waals surface area contributed by atoms with Crippen molar-refractivity contribution in [3.8, 4) is 5.75 Å². The molecule has 2 amide bonds. The van der Waals surface area contributed by atoms with Crippen molar-refractivity contribution in [2.45, 2.75) is 8.65 Å². The summed E-state index contributed by atoms with van der Waals surface area (Å²) >= 11 is 14.0. The number of amides is 2. The predicted molar refractivity (Wildman–Crippen MR) is 125 cm³/mol. The lowest BCUT2D eigenvalue weighted by Gasteiger charge is -2.55. The molecule has 2 bridgehead atoms.